The lowest BCUT2D eigenvalue weighted by Crippen LogP contribution is -2.44. The van der Waals surface area contributed by atoms with Crippen LogP contribution in [0.1, 0.15) is 19.2 Å². The van der Waals surface area contributed by atoms with Crippen molar-refractivity contribution in [1.82, 2.24) is 14.9 Å². The highest BCUT2D eigenvalue weighted by atomic mass is 16.5. The topological polar surface area (TPSA) is 67.2 Å². The third-order valence-corrected chi connectivity index (χ3v) is 4.50. The first-order valence-corrected chi connectivity index (χ1v) is 7.65. The lowest BCUT2D eigenvalue weighted by Gasteiger charge is -2.36. The van der Waals surface area contributed by atoms with Crippen LogP contribution in [0.15, 0.2) is 18.2 Å². The summed E-state index contributed by atoms with van der Waals surface area (Å²) in [6.45, 7) is 5.45. The molecule has 5 nitrogen and oxygen atoms in total. The van der Waals surface area contributed by atoms with Crippen molar-refractivity contribution >= 4 is 16.7 Å². The van der Waals surface area contributed by atoms with E-state index in [2.05, 4.69) is 21.8 Å². The number of methoxy groups -OCH3 is 1. The van der Waals surface area contributed by atoms with Gasteiger partial charge in [-0.2, -0.15) is 0 Å². The number of aromatic amines is 1. The summed E-state index contributed by atoms with van der Waals surface area (Å²) in [5, 5.41) is 0. The van der Waals surface area contributed by atoms with Crippen LogP contribution in [0.2, 0.25) is 0 Å². The Labute approximate surface area is 125 Å². The number of rotatable bonds is 4. The Morgan fingerprint density at radius 2 is 2.33 bits per heavy atom. The molecule has 0 saturated carbocycles. The van der Waals surface area contributed by atoms with Crippen LogP contribution in [0.3, 0.4) is 0 Å². The molecule has 1 aliphatic heterocycles. The van der Waals surface area contributed by atoms with E-state index in [0.29, 0.717) is 12.0 Å². The number of nitrogens with one attached hydrogen (secondary N) is 1. The zero-order valence-corrected chi connectivity index (χ0v) is 12.8. The number of likely N-dealkylation sites (tertiary alicyclic amines) is 1. The number of aromatic nitrogens is 2. The highest BCUT2D eigenvalue weighted by molar-refractivity contribution is 5.78. The molecule has 0 bridgehead atoms. The summed E-state index contributed by atoms with van der Waals surface area (Å²) in [5.41, 5.74) is 8.57. The summed E-state index contributed by atoms with van der Waals surface area (Å²) in [6.07, 6.45) is 2.49. The van der Waals surface area contributed by atoms with E-state index in [1.165, 1.54) is 6.42 Å². The number of anilines is 1. The SMILES string of the molecule is COC1CN(CCc2nc3ccc(N)cc3[nH]2)CCC1C. The molecule has 2 heterocycles. The molecular weight excluding hydrogens is 264 g/mol. The average Bonchev–Trinajstić information content (AvgIpc) is 2.88. The molecule has 1 saturated heterocycles. The largest absolute Gasteiger partial charge is 0.399 e. The molecular formula is C16H24N4O. The Kier molecular flexibility index (Phi) is 4.12. The first-order valence-electron chi connectivity index (χ1n) is 7.65. The van der Waals surface area contributed by atoms with Crippen LogP contribution in [-0.4, -0.2) is 47.7 Å². The van der Waals surface area contributed by atoms with Gasteiger partial charge in [-0.3, -0.25) is 0 Å². The smallest absolute Gasteiger partial charge is 0.108 e. The quantitative estimate of drug-likeness (QED) is 0.845. The lowest BCUT2D eigenvalue weighted by atomic mass is 9.96. The maximum Gasteiger partial charge on any atom is 0.108 e. The molecule has 1 fully saturated rings. The number of hydrogen-bond donors (Lipinski definition) is 2. The zero-order valence-electron chi connectivity index (χ0n) is 12.8. The van der Waals surface area contributed by atoms with Gasteiger partial charge in [0.1, 0.15) is 5.82 Å². The molecule has 3 rings (SSSR count). The van der Waals surface area contributed by atoms with E-state index < -0.39 is 0 Å². The van der Waals surface area contributed by atoms with Crippen LogP contribution in [0.25, 0.3) is 11.0 Å². The van der Waals surface area contributed by atoms with Crippen molar-refractivity contribution in [2.24, 2.45) is 5.92 Å². The van der Waals surface area contributed by atoms with Crippen molar-refractivity contribution in [3.63, 3.8) is 0 Å². The van der Waals surface area contributed by atoms with Crippen molar-refractivity contribution < 1.29 is 4.74 Å². The van der Waals surface area contributed by atoms with Crippen LogP contribution in [0, 0.1) is 5.92 Å². The number of H-pyrrole nitrogens is 1. The summed E-state index contributed by atoms with van der Waals surface area (Å²) >= 11 is 0. The third-order valence-electron chi connectivity index (χ3n) is 4.50. The molecule has 2 unspecified atom stereocenters. The second-order valence-corrected chi connectivity index (χ2v) is 6.05. The monoisotopic (exact) mass is 288 g/mol. The molecule has 5 heteroatoms. The van der Waals surface area contributed by atoms with Gasteiger partial charge >= 0.3 is 0 Å². The van der Waals surface area contributed by atoms with Gasteiger partial charge in [-0.25, -0.2) is 4.98 Å². The predicted octanol–water partition coefficient (Wildman–Crippen LogP) is 2.04. The van der Waals surface area contributed by atoms with Gasteiger partial charge in [0.25, 0.3) is 0 Å². The number of benzene rings is 1. The standard InChI is InChI=1S/C16H24N4O/c1-11-5-7-20(10-15(11)21-2)8-6-16-18-13-4-3-12(17)9-14(13)19-16/h3-4,9,11,15H,5-8,10,17H2,1-2H3,(H,18,19). The van der Waals surface area contributed by atoms with Crippen LogP contribution in [0.4, 0.5) is 5.69 Å². The molecule has 2 atom stereocenters. The molecule has 3 N–H and O–H groups in total. The van der Waals surface area contributed by atoms with E-state index in [0.717, 1.165) is 48.6 Å². The van der Waals surface area contributed by atoms with Crippen LogP contribution >= 0.6 is 0 Å². The minimum atomic E-state index is 0.356. The number of piperidine rings is 1. The lowest BCUT2D eigenvalue weighted by molar-refractivity contribution is -0.00458. The predicted molar refractivity (Wildman–Crippen MR) is 85.2 cm³/mol. The number of hydrogen-bond acceptors (Lipinski definition) is 4. The maximum atomic E-state index is 5.80. The maximum absolute atomic E-state index is 5.80. The summed E-state index contributed by atoms with van der Waals surface area (Å²) < 4.78 is 5.57. The highest BCUT2D eigenvalue weighted by Crippen LogP contribution is 2.20. The molecule has 114 valence electrons. The minimum Gasteiger partial charge on any atom is -0.399 e. The number of imidazole rings is 1. The Hall–Kier alpha value is -1.59. The minimum absolute atomic E-state index is 0.356. The normalized spacial score (nSPS) is 23.7. The fraction of sp³-hybridized carbons (Fsp3) is 0.562. The van der Waals surface area contributed by atoms with E-state index in [-0.39, 0.29) is 0 Å². The molecule has 0 spiro atoms. The Morgan fingerprint density at radius 1 is 1.48 bits per heavy atom. The van der Waals surface area contributed by atoms with Crippen LogP contribution in [-0.2, 0) is 11.2 Å². The van der Waals surface area contributed by atoms with E-state index in [9.17, 15) is 0 Å². The molecule has 0 amide bonds. The number of fused-ring (bicyclic) bond motifs is 1. The average molecular weight is 288 g/mol. The third kappa shape index (κ3) is 3.19. The molecule has 2 aromatic rings. The summed E-state index contributed by atoms with van der Waals surface area (Å²) in [4.78, 5) is 10.5. The Bertz CT molecular complexity index is 609. The molecule has 1 aromatic heterocycles. The molecule has 0 aliphatic carbocycles. The first kappa shape index (κ1) is 14.4. The molecule has 1 aliphatic rings. The second-order valence-electron chi connectivity index (χ2n) is 6.05. The fourth-order valence-corrected chi connectivity index (χ4v) is 3.07. The van der Waals surface area contributed by atoms with Crippen molar-refractivity contribution in [1.29, 1.82) is 0 Å². The van der Waals surface area contributed by atoms with Gasteiger partial charge in [0, 0.05) is 32.3 Å². The zero-order chi connectivity index (χ0) is 14.8. The summed E-state index contributed by atoms with van der Waals surface area (Å²) in [5.74, 6) is 1.68. The number of nitrogen functional groups attached to an aromatic ring is 1. The van der Waals surface area contributed by atoms with Gasteiger partial charge in [-0.1, -0.05) is 6.92 Å². The van der Waals surface area contributed by atoms with Crippen molar-refractivity contribution in [3.05, 3.63) is 24.0 Å². The highest BCUT2D eigenvalue weighted by Gasteiger charge is 2.25. The molecule has 0 radical (unpaired) electrons. The van der Waals surface area contributed by atoms with Gasteiger partial charge in [0.15, 0.2) is 0 Å². The van der Waals surface area contributed by atoms with Crippen LogP contribution in [0.5, 0.6) is 0 Å². The van der Waals surface area contributed by atoms with Crippen molar-refractivity contribution in [2.45, 2.75) is 25.9 Å². The number of nitrogens with zero attached hydrogens (tertiary/aromatic N) is 2. The van der Waals surface area contributed by atoms with Crippen molar-refractivity contribution in [3.8, 4) is 0 Å². The summed E-state index contributed by atoms with van der Waals surface area (Å²) in [6, 6.07) is 5.80. The van der Waals surface area contributed by atoms with E-state index in [1.54, 1.807) is 0 Å². The van der Waals surface area contributed by atoms with Crippen molar-refractivity contribution in [2.75, 3.05) is 32.5 Å². The van der Waals surface area contributed by atoms with Gasteiger partial charge in [-0.15, -0.1) is 0 Å². The first-order chi connectivity index (χ1) is 10.2. The van der Waals surface area contributed by atoms with E-state index in [1.807, 2.05) is 25.3 Å². The van der Waals surface area contributed by atoms with E-state index >= 15 is 0 Å². The number of nitrogens with two attached hydrogens (primary N) is 1. The second kappa shape index (κ2) is 6.03. The number of ether oxygens (including phenoxy) is 1. The van der Waals surface area contributed by atoms with Crippen LogP contribution < -0.4 is 5.73 Å². The molecule has 21 heavy (non-hydrogen) atoms. The Morgan fingerprint density at radius 3 is 3.14 bits per heavy atom. The van der Waals surface area contributed by atoms with Gasteiger partial charge < -0.3 is 20.4 Å². The van der Waals surface area contributed by atoms with E-state index in [4.69, 9.17) is 10.5 Å². The van der Waals surface area contributed by atoms with Gasteiger partial charge in [0.2, 0.25) is 0 Å². The Balaban J connectivity index is 1.61. The summed E-state index contributed by atoms with van der Waals surface area (Å²) in [7, 11) is 1.81. The molecule has 1 aromatic carbocycles. The van der Waals surface area contributed by atoms with Gasteiger partial charge in [0.05, 0.1) is 17.1 Å². The fourth-order valence-electron chi connectivity index (χ4n) is 3.07. The van der Waals surface area contributed by atoms with Gasteiger partial charge in [-0.05, 0) is 37.1 Å².